The second kappa shape index (κ2) is 10.2. The fourth-order valence-electron chi connectivity index (χ4n) is 3.60. The average molecular weight is 437 g/mol. The summed E-state index contributed by atoms with van der Waals surface area (Å²) in [5.41, 5.74) is 4.82. The Morgan fingerprint density at radius 2 is 1.32 bits per heavy atom. The van der Waals surface area contributed by atoms with Crippen molar-refractivity contribution < 1.29 is 8.42 Å². The van der Waals surface area contributed by atoms with E-state index >= 15 is 0 Å². The molecule has 0 unspecified atom stereocenters. The highest BCUT2D eigenvalue weighted by atomic mass is 32.2. The molecule has 5 heteroatoms. The minimum Gasteiger partial charge on any atom is -0.310 e. The fraction of sp³-hybridized carbons (Fsp3) is 0.308. The van der Waals surface area contributed by atoms with Crippen LogP contribution in [-0.4, -0.2) is 18.8 Å². The molecule has 0 radical (unpaired) electrons. The molecule has 3 aromatic rings. The lowest BCUT2D eigenvalue weighted by molar-refractivity contribution is 0.400. The summed E-state index contributed by atoms with van der Waals surface area (Å²) in [6.45, 7) is 9.38. The lowest BCUT2D eigenvalue weighted by Gasteiger charge is -2.24. The molecular weight excluding hydrogens is 404 g/mol. The molecule has 0 aromatic heterocycles. The van der Waals surface area contributed by atoms with Crippen LogP contribution < -0.4 is 5.32 Å². The predicted molar refractivity (Wildman–Crippen MR) is 127 cm³/mol. The van der Waals surface area contributed by atoms with E-state index in [0.29, 0.717) is 30.6 Å². The van der Waals surface area contributed by atoms with Crippen LogP contribution in [0.1, 0.15) is 41.7 Å². The number of nitrogens with one attached hydrogen (secondary N) is 1. The lowest BCUT2D eigenvalue weighted by atomic mass is 10.1. The van der Waals surface area contributed by atoms with Gasteiger partial charge in [-0.05, 0) is 47.7 Å². The van der Waals surface area contributed by atoms with E-state index in [2.05, 4.69) is 19.2 Å². The van der Waals surface area contributed by atoms with Gasteiger partial charge in [-0.1, -0.05) is 80.6 Å². The molecule has 0 heterocycles. The zero-order chi connectivity index (χ0) is 22.4. The van der Waals surface area contributed by atoms with E-state index < -0.39 is 10.0 Å². The van der Waals surface area contributed by atoms with E-state index in [-0.39, 0.29) is 0 Å². The van der Waals surface area contributed by atoms with Gasteiger partial charge in [-0.2, -0.15) is 4.31 Å². The number of aryl methyl sites for hydroxylation is 2. The number of hydrogen-bond acceptors (Lipinski definition) is 3. The maximum atomic E-state index is 13.9. The summed E-state index contributed by atoms with van der Waals surface area (Å²) in [5.74, 6) is 0. The maximum absolute atomic E-state index is 13.9. The van der Waals surface area contributed by atoms with Crippen LogP contribution in [0.3, 0.4) is 0 Å². The quantitative estimate of drug-likeness (QED) is 0.502. The van der Waals surface area contributed by atoms with E-state index in [0.717, 1.165) is 27.8 Å². The van der Waals surface area contributed by atoms with Crippen molar-refractivity contribution in [2.45, 2.75) is 58.3 Å². The topological polar surface area (TPSA) is 49.4 Å². The van der Waals surface area contributed by atoms with Crippen molar-refractivity contribution in [1.29, 1.82) is 0 Å². The summed E-state index contributed by atoms with van der Waals surface area (Å²) in [7, 11) is -3.70. The van der Waals surface area contributed by atoms with Gasteiger partial charge in [0.05, 0.1) is 4.90 Å². The van der Waals surface area contributed by atoms with E-state index in [4.69, 9.17) is 0 Å². The molecule has 3 aromatic carbocycles. The molecule has 0 aliphatic carbocycles. The minimum atomic E-state index is -3.70. The Hall–Kier alpha value is -2.47. The smallest absolute Gasteiger partial charge is 0.243 e. The van der Waals surface area contributed by atoms with Gasteiger partial charge < -0.3 is 5.32 Å². The molecule has 0 atom stereocenters. The third-order valence-electron chi connectivity index (χ3n) is 5.36. The second-order valence-electron chi connectivity index (χ2n) is 8.32. The maximum Gasteiger partial charge on any atom is 0.243 e. The van der Waals surface area contributed by atoms with Crippen molar-refractivity contribution in [3.05, 3.63) is 101 Å². The van der Waals surface area contributed by atoms with Gasteiger partial charge >= 0.3 is 0 Å². The average Bonchev–Trinajstić information content (AvgIpc) is 2.74. The molecule has 164 valence electrons. The van der Waals surface area contributed by atoms with E-state index in [1.807, 2.05) is 86.6 Å². The monoisotopic (exact) mass is 436 g/mol. The van der Waals surface area contributed by atoms with Crippen LogP contribution in [0.2, 0.25) is 0 Å². The largest absolute Gasteiger partial charge is 0.310 e. The summed E-state index contributed by atoms with van der Waals surface area (Å²) in [4.78, 5) is 0.380. The Kier molecular flexibility index (Phi) is 7.65. The first-order chi connectivity index (χ1) is 14.8. The number of nitrogens with zero attached hydrogens (tertiary/aromatic N) is 1. The van der Waals surface area contributed by atoms with Crippen LogP contribution in [0.25, 0.3) is 0 Å². The zero-order valence-electron chi connectivity index (χ0n) is 18.8. The number of benzene rings is 3. The Balaban J connectivity index is 2.01. The first-order valence-corrected chi connectivity index (χ1v) is 12.1. The van der Waals surface area contributed by atoms with Crippen LogP contribution in [-0.2, 0) is 29.7 Å². The molecular formula is C26H32N2O2S. The minimum absolute atomic E-state index is 0.324. The molecule has 0 aliphatic rings. The van der Waals surface area contributed by atoms with Gasteiger partial charge in [0.15, 0.2) is 0 Å². The highest BCUT2D eigenvalue weighted by molar-refractivity contribution is 7.89. The molecule has 0 bridgehead atoms. The van der Waals surface area contributed by atoms with E-state index in [9.17, 15) is 8.42 Å². The first-order valence-electron chi connectivity index (χ1n) is 10.7. The Morgan fingerprint density at radius 1 is 0.806 bits per heavy atom. The van der Waals surface area contributed by atoms with Gasteiger partial charge in [-0.3, -0.25) is 0 Å². The first kappa shape index (κ1) is 23.2. The number of hydrogen-bond donors (Lipinski definition) is 1. The van der Waals surface area contributed by atoms with Crippen LogP contribution in [0, 0.1) is 13.8 Å². The SMILES string of the molecule is Cc1cc(C)c(S(=O)(=O)N(Cc2ccccc2)Cc2ccccc2)cc1CNC(C)C. The highest BCUT2D eigenvalue weighted by Crippen LogP contribution is 2.27. The van der Waals surface area contributed by atoms with Crippen molar-refractivity contribution in [2.24, 2.45) is 0 Å². The molecule has 0 saturated carbocycles. The molecule has 31 heavy (non-hydrogen) atoms. The molecule has 3 rings (SSSR count). The van der Waals surface area contributed by atoms with Gasteiger partial charge in [0.25, 0.3) is 0 Å². The number of sulfonamides is 1. The standard InChI is InChI=1S/C26H32N2O2S/c1-20(2)27-17-25-16-26(22(4)15-21(25)3)31(29,30)28(18-23-11-7-5-8-12-23)19-24-13-9-6-10-14-24/h5-16,20,27H,17-19H2,1-4H3. The summed E-state index contributed by atoms with van der Waals surface area (Å²) in [5, 5.41) is 3.40. The summed E-state index contributed by atoms with van der Waals surface area (Å²) >= 11 is 0. The van der Waals surface area contributed by atoms with Crippen molar-refractivity contribution in [1.82, 2.24) is 9.62 Å². The molecule has 0 saturated heterocycles. The van der Waals surface area contributed by atoms with Crippen LogP contribution >= 0.6 is 0 Å². The molecule has 0 fully saturated rings. The second-order valence-corrected chi connectivity index (χ2v) is 10.2. The molecule has 0 aliphatic heterocycles. The van der Waals surface area contributed by atoms with Crippen molar-refractivity contribution in [2.75, 3.05) is 0 Å². The van der Waals surface area contributed by atoms with Gasteiger partial charge in [0, 0.05) is 25.7 Å². The Bertz CT molecular complexity index is 1050. The highest BCUT2D eigenvalue weighted by Gasteiger charge is 2.27. The Labute approximate surface area is 187 Å². The summed E-state index contributed by atoms with van der Waals surface area (Å²) in [6.07, 6.45) is 0. The summed E-state index contributed by atoms with van der Waals surface area (Å²) in [6, 6.07) is 23.7. The normalized spacial score (nSPS) is 11.9. The Morgan fingerprint density at radius 3 is 1.81 bits per heavy atom. The van der Waals surface area contributed by atoms with Gasteiger partial charge in [-0.25, -0.2) is 8.42 Å². The molecule has 0 amide bonds. The van der Waals surface area contributed by atoms with Gasteiger partial charge in [0.1, 0.15) is 0 Å². The summed E-state index contributed by atoms with van der Waals surface area (Å²) < 4.78 is 29.3. The van der Waals surface area contributed by atoms with Gasteiger partial charge in [-0.15, -0.1) is 0 Å². The van der Waals surface area contributed by atoms with Crippen molar-refractivity contribution in [3.8, 4) is 0 Å². The lowest BCUT2D eigenvalue weighted by Crippen LogP contribution is -2.31. The van der Waals surface area contributed by atoms with Gasteiger partial charge in [0.2, 0.25) is 10.0 Å². The number of rotatable bonds is 9. The predicted octanol–water partition coefficient (Wildman–Crippen LogP) is 5.19. The van der Waals surface area contributed by atoms with E-state index in [1.165, 1.54) is 0 Å². The zero-order valence-corrected chi connectivity index (χ0v) is 19.6. The van der Waals surface area contributed by atoms with Crippen LogP contribution in [0.4, 0.5) is 0 Å². The molecule has 4 nitrogen and oxygen atoms in total. The third-order valence-corrected chi connectivity index (χ3v) is 7.29. The molecule has 0 spiro atoms. The third kappa shape index (κ3) is 6.03. The van der Waals surface area contributed by atoms with E-state index in [1.54, 1.807) is 4.31 Å². The molecule has 1 N–H and O–H groups in total. The van der Waals surface area contributed by atoms with Crippen molar-refractivity contribution >= 4 is 10.0 Å². The van der Waals surface area contributed by atoms with Crippen molar-refractivity contribution in [3.63, 3.8) is 0 Å². The fourth-order valence-corrected chi connectivity index (χ4v) is 5.27. The van der Waals surface area contributed by atoms with Crippen LogP contribution in [0.15, 0.2) is 77.7 Å². The van der Waals surface area contributed by atoms with Crippen LogP contribution in [0.5, 0.6) is 0 Å².